The van der Waals surface area contributed by atoms with Crippen molar-refractivity contribution in [3.63, 3.8) is 0 Å². The van der Waals surface area contributed by atoms with Crippen molar-refractivity contribution in [3.8, 4) is 0 Å². The maximum absolute atomic E-state index is 12.8. The Morgan fingerprint density at radius 1 is 1.29 bits per heavy atom. The van der Waals surface area contributed by atoms with Crippen molar-refractivity contribution < 1.29 is 22.3 Å². The van der Waals surface area contributed by atoms with Crippen LogP contribution in [0, 0.1) is 0 Å². The zero-order valence-electron chi connectivity index (χ0n) is 8.20. The molecule has 6 heteroatoms. The highest BCUT2D eigenvalue weighted by atomic mass is 19.3. The molecule has 2 nitrogen and oxygen atoms in total. The molecule has 0 aromatic heterocycles. The first-order valence-corrected chi connectivity index (χ1v) is 4.30. The maximum Gasteiger partial charge on any atom is 0.283 e. The van der Waals surface area contributed by atoms with Crippen molar-refractivity contribution in [1.29, 1.82) is 0 Å². The molecule has 1 N–H and O–H groups in total. The number of rotatable bonds is 7. The van der Waals surface area contributed by atoms with Gasteiger partial charge in [0.1, 0.15) is 13.2 Å². The van der Waals surface area contributed by atoms with Crippen molar-refractivity contribution in [2.75, 3.05) is 19.8 Å². The van der Waals surface area contributed by atoms with Crippen LogP contribution in [0.5, 0.6) is 0 Å². The fourth-order valence-electron chi connectivity index (χ4n) is 0.702. The van der Waals surface area contributed by atoms with Crippen LogP contribution in [-0.4, -0.2) is 38.1 Å². The largest absolute Gasteiger partial charge is 0.369 e. The normalized spacial score (nSPS) is 12.9. The van der Waals surface area contributed by atoms with E-state index in [1.165, 1.54) is 0 Å². The monoisotopic (exact) mass is 217 g/mol. The number of halogens is 4. The van der Waals surface area contributed by atoms with E-state index >= 15 is 0 Å². The van der Waals surface area contributed by atoms with Crippen molar-refractivity contribution in [2.24, 2.45) is 0 Å². The summed E-state index contributed by atoms with van der Waals surface area (Å²) in [5.74, 6) is -3.10. The van der Waals surface area contributed by atoms with Crippen molar-refractivity contribution in [1.82, 2.24) is 5.32 Å². The highest BCUT2D eigenvalue weighted by Gasteiger charge is 2.29. The smallest absolute Gasteiger partial charge is 0.283 e. The third kappa shape index (κ3) is 8.25. The van der Waals surface area contributed by atoms with Crippen molar-refractivity contribution in [3.05, 3.63) is 0 Å². The Hall–Kier alpha value is -0.360. The van der Waals surface area contributed by atoms with E-state index in [1.54, 1.807) is 13.8 Å². The summed E-state index contributed by atoms with van der Waals surface area (Å²) in [6.07, 6.45) is -2.70. The summed E-state index contributed by atoms with van der Waals surface area (Å²) < 4.78 is 52.8. The predicted octanol–water partition coefficient (Wildman–Crippen LogP) is 1.90. The maximum atomic E-state index is 12.8. The van der Waals surface area contributed by atoms with Crippen LogP contribution >= 0.6 is 0 Å². The zero-order valence-corrected chi connectivity index (χ0v) is 8.20. The standard InChI is InChI=1S/C8H15F4NO/c1-6(2)13-4-8(11,12)5-14-3-7(9)10/h6-7,13H,3-5H2,1-2H3. The molecule has 0 rings (SSSR count). The number of ether oxygens (including phenoxy) is 1. The fourth-order valence-corrected chi connectivity index (χ4v) is 0.702. The number of alkyl halides is 4. The molecular weight excluding hydrogens is 202 g/mol. The van der Waals surface area contributed by atoms with E-state index < -0.39 is 32.1 Å². The van der Waals surface area contributed by atoms with Crippen molar-refractivity contribution in [2.45, 2.75) is 32.2 Å². The SMILES string of the molecule is CC(C)NCC(F)(F)COCC(F)F. The summed E-state index contributed by atoms with van der Waals surface area (Å²) in [6, 6.07) is -0.0732. The Bertz CT molecular complexity index is 152. The van der Waals surface area contributed by atoms with Gasteiger partial charge in [0.15, 0.2) is 0 Å². The molecule has 0 unspecified atom stereocenters. The Morgan fingerprint density at radius 3 is 2.29 bits per heavy atom. The molecule has 0 aliphatic rings. The quantitative estimate of drug-likeness (QED) is 0.657. The second kappa shape index (κ2) is 6.19. The van der Waals surface area contributed by atoms with Gasteiger partial charge in [-0.25, -0.2) is 17.6 Å². The molecule has 0 aromatic carbocycles. The van der Waals surface area contributed by atoms with E-state index in [-0.39, 0.29) is 6.04 Å². The first kappa shape index (κ1) is 13.6. The van der Waals surface area contributed by atoms with Crippen LogP contribution in [0.4, 0.5) is 17.6 Å². The van der Waals surface area contributed by atoms with Gasteiger partial charge in [0.05, 0.1) is 6.54 Å². The fraction of sp³-hybridized carbons (Fsp3) is 1.00. The molecule has 0 fully saturated rings. The van der Waals surface area contributed by atoms with Crippen molar-refractivity contribution >= 4 is 0 Å². The van der Waals surface area contributed by atoms with Gasteiger partial charge in [0, 0.05) is 6.04 Å². The van der Waals surface area contributed by atoms with Gasteiger partial charge in [0.25, 0.3) is 12.3 Å². The van der Waals surface area contributed by atoms with Gasteiger partial charge in [-0.15, -0.1) is 0 Å². The Labute approximate surface area is 80.6 Å². The average molecular weight is 217 g/mol. The van der Waals surface area contributed by atoms with Gasteiger partial charge in [-0.2, -0.15) is 0 Å². The molecule has 0 saturated carbocycles. The number of hydrogen-bond acceptors (Lipinski definition) is 2. The highest BCUT2D eigenvalue weighted by molar-refractivity contribution is 4.70. The second-order valence-electron chi connectivity index (χ2n) is 3.30. The van der Waals surface area contributed by atoms with Crippen LogP contribution in [0.1, 0.15) is 13.8 Å². The van der Waals surface area contributed by atoms with E-state index in [1.807, 2.05) is 0 Å². The molecule has 0 bridgehead atoms. The lowest BCUT2D eigenvalue weighted by molar-refractivity contribution is -0.0943. The predicted molar refractivity (Wildman–Crippen MR) is 44.9 cm³/mol. The minimum absolute atomic E-state index is 0.0732. The van der Waals surface area contributed by atoms with Gasteiger partial charge in [-0.1, -0.05) is 13.8 Å². The van der Waals surface area contributed by atoms with Crippen LogP contribution < -0.4 is 5.32 Å². The lowest BCUT2D eigenvalue weighted by atomic mass is 10.3. The topological polar surface area (TPSA) is 21.3 Å². The first-order chi connectivity index (χ1) is 6.33. The number of nitrogens with one attached hydrogen (secondary N) is 1. The summed E-state index contributed by atoms with van der Waals surface area (Å²) in [5.41, 5.74) is 0. The molecule has 0 heterocycles. The molecule has 0 spiro atoms. The van der Waals surface area contributed by atoms with Gasteiger partial charge >= 0.3 is 0 Å². The number of hydrogen-bond donors (Lipinski definition) is 1. The van der Waals surface area contributed by atoms with Gasteiger partial charge in [-0.05, 0) is 0 Å². The lowest BCUT2D eigenvalue weighted by Gasteiger charge is -2.18. The second-order valence-corrected chi connectivity index (χ2v) is 3.30. The molecule has 0 aliphatic carbocycles. The molecule has 0 atom stereocenters. The third-order valence-corrected chi connectivity index (χ3v) is 1.33. The summed E-state index contributed by atoms with van der Waals surface area (Å²) in [5, 5.41) is 2.51. The van der Waals surface area contributed by atoms with Gasteiger partial charge in [0.2, 0.25) is 0 Å². The summed E-state index contributed by atoms with van der Waals surface area (Å²) in [4.78, 5) is 0. The molecule has 14 heavy (non-hydrogen) atoms. The summed E-state index contributed by atoms with van der Waals surface area (Å²) in [7, 11) is 0. The Balaban J connectivity index is 3.61. The first-order valence-electron chi connectivity index (χ1n) is 4.30. The lowest BCUT2D eigenvalue weighted by Crippen LogP contribution is -2.40. The van der Waals surface area contributed by atoms with Crippen LogP contribution in [0.3, 0.4) is 0 Å². The Kier molecular flexibility index (Phi) is 6.03. The Morgan fingerprint density at radius 2 is 1.86 bits per heavy atom. The molecule has 0 aliphatic heterocycles. The van der Waals surface area contributed by atoms with E-state index in [2.05, 4.69) is 10.1 Å². The molecule has 0 aromatic rings. The molecule has 0 saturated heterocycles. The third-order valence-electron chi connectivity index (χ3n) is 1.33. The van der Waals surface area contributed by atoms with E-state index in [0.717, 1.165) is 0 Å². The minimum Gasteiger partial charge on any atom is -0.369 e. The summed E-state index contributed by atoms with van der Waals surface area (Å²) >= 11 is 0. The average Bonchev–Trinajstić information content (AvgIpc) is 2.00. The van der Waals surface area contributed by atoms with Crippen LogP contribution in [0.2, 0.25) is 0 Å². The molecule has 0 amide bonds. The zero-order chi connectivity index (χ0) is 11.2. The molecular formula is C8H15F4NO. The van der Waals surface area contributed by atoms with Crippen LogP contribution in [0.15, 0.2) is 0 Å². The van der Waals surface area contributed by atoms with Gasteiger partial charge in [-0.3, -0.25) is 0 Å². The van der Waals surface area contributed by atoms with E-state index in [0.29, 0.717) is 0 Å². The van der Waals surface area contributed by atoms with E-state index in [4.69, 9.17) is 0 Å². The van der Waals surface area contributed by atoms with Crippen LogP contribution in [0.25, 0.3) is 0 Å². The van der Waals surface area contributed by atoms with Gasteiger partial charge < -0.3 is 10.1 Å². The van der Waals surface area contributed by atoms with E-state index in [9.17, 15) is 17.6 Å². The summed E-state index contributed by atoms with van der Waals surface area (Å²) in [6.45, 7) is 0.953. The molecule has 86 valence electrons. The highest BCUT2D eigenvalue weighted by Crippen LogP contribution is 2.13. The van der Waals surface area contributed by atoms with Crippen LogP contribution in [-0.2, 0) is 4.74 Å². The molecule has 0 radical (unpaired) electrons. The minimum atomic E-state index is -3.10.